The fraction of sp³-hybridized carbons (Fsp3) is 0.955. The van der Waals surface area contributed by atoms with Crippen molar-refractivity contribution in [3.63, 3.8) is 0 Å². The van der Waals surface area contributed by atoms with Gasteiger partial charge in [0, 0.05) is 58.5 Å². The highest BCUT2D eigenvalue weighted by molar-refractivity contribution is 5.76. The SMILES string of the molecule is CN1CCN(C(=O)C[C@@H]2CC[C@@H]3[C@H](COC[C@H](O)CN3CC3CCOCC3)O2)CC1. The number of fused-ring (bicyclic) bond motifs is 1. The Balaban J connectivity index is 1.33. The summed E-state index contributed by atoms with van der Waals surface area (Å²) in [6.45, 7) is 7.65. The molecule has 4 heterocycles. The summed E-state index contributed by atoms with van der Waals surface area (Å²) in [6.07, 6.45) is 4.00. The smallest absolute Gasteiger partial charge is 0.225 e. The van der Waals surface area contributed by atoms with E-state index >= 15 is 0 Å². The van der Waals surface area contributed by atoms with Gasteiger partial charge in [-0.15, -0.1) is 0 Å². The number of amides is 1. The van der Waals surface area contributed by atoms with Gasteiger partial charge in [0.2, 0.25) is 5.91 Å². The normalized spacial score (nSPS) is 35.5. The highest BCUT2D eigenvalue weighted by Crippen LogP contribution is 2.29. The molecule has 172 valence electrons. The topological polar surface area (TPSA) is 74.7 Å². The van der Waals surface area contributed by atoms with Crippen LogP contribution in [0.25, 0.3) is 0 Å². The monoisotopic (exact) mass is 425 g/mol. The zero-order valence-corrected chi connectivity index (χ0v) is 18.4. The second-order valence-corrected chi connectivity index (χ2v) is 9.53. The number of hydrogen-bond donors (Lipinski definition) is 1. The summed E-state index contributed by atoms with van der Waals surface area (Å²) in [4.78, 5) is 19.5. The van der Waals surface area contributed by atoms with Crippen molar-refractivity contribution in [1.29, 1.82) is 0 Å². The quantitative estimate of drug-likeness (QED) is 0.689. The Morgan fingerprint density at radius 3 is 2.53 bits per heavy atom. The van der Waals surface area contributed by atoms with Gasteiger partial charge in [-0.1, -0.05) is 0 Å². The van der Waals surface area contributed by atoms with Crippen molar-refractivity contribution in [2.75, 3.05) is 72.7 Å². The molecule has 0 spiro atoms. The third-order valence-corrected chi connectivity index (χ3v) is 7.18. The van der Waals surface area contributed by atoms with Gasteiger partial charge >= 0.3 is 0 Å². The van der Waals surface area contributed by atoms with Crippen LogP contribution in [-0.4, -0.2) is 123 Å². The number of ether oxygens (including phenoxy) is 3. The third-order valence-electron chi connectivity index (χ3n) is 7.18. The molecule has 0 aromatic carbocycles. The van der Waals surface area contributed by atoms with Crippen LogP contribution in [0.2, 0.25) is 0 Å². The molecule has 4 aliphatic rings. The van der Waals surface area contributed by atoms with E-state index in [1.165, 1.54) is 0 Å². The summed E-state index contributed by atoms with van der Waals surface area (Å²) < 4.78 is 17.7. The second kappa shape index (κ2) is 10.7. The van der Waals surface area contributed by atoms with E-state index in [0.29, 0.717) is 32.1 Å². The molecule has 0 unspecified atom stereocenters. The number of aliphatic hydroxyl groups excluding tert-OH is 1. The lowest BCUT2D eigenvalue weighted by molar-refractivity contribution is -0.162. The molecular weight excluding hydrogens is 386 g/mol. The lowest BCUT2D eigenvalue weighted by atomic mass is 9.92. The molecule has 4 saturated heterocycles. The minimum absolute atomic E-state index is 0.0311. The summed E-state index contributed by atoms with van der Waals surface area (Å²) >= 11 is 0. The zero-order valence-electron chi connectivity index (χ0n) is 18.4. The molecule has 1 N–H and O–H groups in total. The Kier molecular flexibility index (Phi) is 8.00. The van der Waals surface area contributed by atoms with Gasteiger partial charge in [0.1, 0.15) is 0 Å². The number of piperazine rings is 1. The fourth-order valence-corrected chi connectivity index (χ4v) is 5.30. The predicted molar refractivity (Wildman–Crippen MR) is 112 cm³/mol. The largest absolute Gasteiger partial charge is 0.389 e. The molecule has 4 rings (SSSR count). The maximum absolute atomic E-state index is 12.8. The molecule has 1 amide bonds. The molecule has 0 radical (unpaired) electrons. The molecule has 8 heteroatoms. The Bertz CT molecular complexity index is 551. The van der Waals surface area contributed by atoms with Gasteiger partial charge in [-0.25, -0.2) is 0 Å². The van der Waals surface area contributed by atoms with E-state index in [2.05, 4.69) is 16.8 Å². The van der Waals surface area contributed by atoms with Crippen molar-refractivity contribution in [3.05, 3.63) is 0 Å². The van der Waals surface area contributed by atoms with E-state index in [4.69, 9.17) is 14.2 Å². The second-order valence-electron chi connectivity index (χ2n) is 9.53. The van der Waals surface area contributed by atoms with E-state index in [1.807, 2.05) is 4.90 Å². The molecule has 30 heavy (non-hydrogen) atoms. The number of β-amino-alcohol motifs (C(OH)–C–C–N with tert-alkyl or cyclic N) is 1. The van der Waals surface area contributed by atoms with Gasteiger partial charge in [-0.3, -0.25) is 9.69 Å². The molecule has 4 aliphatic heterocycles. The first-order chi connectivity index (χ1) is 14.6. The van der Waals surface area contributed by atoms with Gasteiger partial charge < -0.3 is 29.1 Å². The molecular formula is C22H39N3O5. The Morgan fingerprint density at radius 1 is 1.00 bits per heavy atom. The van der Waals surface area contributed by atoms with E-state index in [9.17, 15) is 9.90 Å². The molecule has 0 aliphatic carbocycles. The number of rotatable bonds is 4. The summed E-state index contributed by atoms with van der Waals surface area (Å²) in [5.74, 6) is 0.830. The van der Waals surface area contributed by atoms with Crippen LogP contribution < -0.4 is 0 Å². The van der Waals surface area contributed by atoms with E-state index < -0.39 is 6.10 Å². The summed E-state index contributed by atoms with van der Waals surface area (Å²) in [7, 11) is 2.10. The number of hydrogen-bond acceptors (Lipinski definition) is 7. The van der Waals surface area contributed by atoms with Crippen LogP contribution in [0.15, 0.2) is 0 Å². The van der Waals surface area contributed by atoms with Crippen molar-refractivity contribution in [3.8, 4) is 0 Å². The first-order valence-electron chi connectivity index (χ1n) is 11.8. The molecule has 0 bridgehead atoms. The lowest BCUT2D eigenvalue weighted by Crippen LogP contribution is -2.57. The molecule has 0 aromatic rings. The number of carbonyl (C=O) groups is 1. The summed E-state index contributed by atoms with van der Waals surface area (Å²) in [6, 6.07) is 0.248. The maximum atomic E-state index is 12.8. The number of aliphatic hydroxyl groups is 1. The maximum Gasteiger partial charge on any atom is 0.225 e. The minimum Gasteiger partial charge on any atom is -0.389 e. The fourth-order valence-electron chi connectivity index (χ4n) is 5.30. The summed E-state index contributed by atoms with van der Waals surface area (Å²) in [5.41, 5.74) is 0. The molecule has 8 nitrogen and oxygen atoms in total. The van der Waals surface area contributed by atoms with Crippen molar-refractivity contribution < 1.29 is 24.1 Å². The third kappa shape index (κ3) is 5.93. The van der Waals surface area contributed by atoms with Crippen LogP contribution in [0.5, 0.6) is 0 Å². The zero-order chi connectivity index (χ0) is 20.9. The van der Waals surface area contributed by atoms with Gasteiger partial charge in [-0.05, 0) is 38.6 Å². The van der Waals surface area contributed by atoms with Crippen molar-refractivity contribution in [2.45, 2.75) is 56.5 Å². The van der Waals surface area contributed by atoms with Crippen LogP contribution in [0.3, 0.4) is 0 Å². The van der Waals surface area contributed by atoms with E-state index in [-0.39, 0.29) is 24.2 Å². The Labute approximate surface area is 180 Å². The number of likely N-dealkylation sites (N-methyl/N-ethyl adjacent to an activating group) is 1. The average Bonchev–Trinajstić information content (AvgIpc) is 2.74. The van der Waals surface area contributed by atoms with Crippen molar-refractivity contribution in [1.82, 2.24) is 14.7 Å². The Morgan fingerprint density at radius 2 is 1.77 bits per heavy atom. The molecule has 4 fully saturated rings. The first kappa shape index (κ1) is 22.4. The van der Waals surface area contributed by atoms with E-state index in [1.54, 1.807) is 0 Å². The highest BCUT2D eigenvalue weighted by Gasteiger charge is 2.39. The lowest BCUT2D eigenvalue weighted by Gasteiger charge is -2.46. The standard InChI is InChI=1S/C22H39N3O5/c1-23-6-8-24(9-7-23)22(27)12-19-2-3-20-21(30-19)16-29-15-18(26)14-25(20)13-17-4-10-28-11-5-17/h17-21,26H,2-16H2,1H3/t18-,19+,20-,21+/m1/s1. The van der Waals surface area contributed by atoms with Gasteiger partial charge in [0.05, 0.1) is 37.9 Å². The molecule has 4 atom stereocenters. The average molecular weight is 426 g/mol. The van der Waals surface area contributed by atoms with Gasteiger partial charge in [-0.2, -0.15) is 0 Å². The minimum atomic E-state index is -0.456. The highest BCUT2D eigenvalue weighted by atomic mass is 16.5. The first-order valence-corrected chi connectivity index (χ1v) is 11.8. The van der Waals surface area contributed by atoms with Crippen molar-refractivity contribution >= 4 is 5.91 Å². The van der Waals surface area contributed by atoms with Crippen LogP contribution in [-0.2, 0) is 19.0 Å². The number of nitrogens with zero attached hydrogens (tertiary/aromatic N) is 3. The number of carbonyl (C=O) groups excluding carboxylic acids is 1. The summed E-state index contributed by atoms with van der Waals surface area (Å²) in [5, 5.41) is 10.4. The van der Waals surface area contributed by atoms with Crippen LogP contribution >= 0.6 is 0 Å². The Hall–Kier alpha value is -0.770. The molecule has 0 aromatic heterocycles. The van der Waals surface area contributed by atoms with Crippen LogP contribution in [0.4, 0.5) is 0 Å². The van der Waals surface area contributed by atoms with E-state index in [0.717, 1.165) is 71.6 Å². The van der Waals surface area contributed by atoms with Gasteiger partial charge in [0.25, 0.3) is 0 Å². The van der Waals surface area contributed by atoms with Gasteiger partial charge in [0.15, 0.2) is 0 Å². The van der Waals surface area contributed by atoms with Crippen molar-refractivity contribution in [2.24, 2.45) is 5.92 Å². The predicted octanol–water partition coefficient (Wildman–Crippen LogP) is 0.186. The molecule has 0 saturated carbocycles. The van der Waals surface area contributed by atoms with Crippen LogP contribution in [0, 0.1) is 5.92 Å². The van der Waals surface area contributed by atoms with Crippen LogP contribution in [0.1, 0.15) is 32.1 Å².